The lowest BCUT2D eigenvalue weighted by Crippen LogP contribution is -2.11. The van der Waals surface area contributed by atoms with Gasteiger partial charge in [-0.25, -0.2) is 9.78 Å². The van der Waals surface area contributed by atoms with E-state index in [1.54, 1.807) is 12.3 Å². The second-order valence-electron chi connectivity index (χ2n) is 3.94. The minimum Gasteiger partial charge on any atom is -0.465 e. The van der Waals surface area contributed by atoms with Crippen molar-refractivity contribution in [1.82, 2.24) is 4.98 Å². The minimum atomic E-state index is -4.54. The molecular formula is C12H9F3N2O2S. The number of nitrogens with zero attached hydrogens (tertiary/aromatic N) is 1. The number of carbonyl (C=O) groups is 1. The Bertz CT molecular complexity index is 652. The molecule has 1 aromatic carbocycles. The summed E-state index contributed by atoms with van der Waals surface area (Å²) in [5, 5.41) is 13.1. The maximum absolute atomic E-state index is 12.7. The molecule has 0 atom stereocenters. The Hall–Kier alpha value is -2.09. The van der Waals surface area contributed by atoms with Gasteiger partial charge in [-0.3, -0.25) is 5.32 Å². The topological polar surface area (TPSA) is 62.2 Å². The molecule has 0 aliphatic carbocycles. The second kappa shape index (κ2) is 5.12. The van der Waals surface area contributed by atoms with Crippen LogP contribution in [0.1, 0.15) is 10.6 Å². The molecule has 1 heterocycles. The molecule has 20 heavy (non-hydrogen) atoms. The number of amides is 1. The third kappa shape index (κ3) is 3.08. The average Bonchev–Trinajstić information content (AvgIpc) is 2.73. The van der Waals surface area contributed by atoms with Crippen molar-refractivity contribution >= 4 is 23.1 Å². The molecule has 0 bridgehead atoms. The van der Waals surface area contributed by atoms with Gasteiger partial charge in [0.1, 0.15) is 0 Å². The summed E-state index contributed by atoms with van der Waals surface area (Å²) in [6, 6.07) is 2.87. The summed E-state index contributed by atoms with van der Waals surface area (Å²) in [6.07, 6.45) is -5.97. The van der Waals surface area contributed by atoms with E-state index in [1.165, 1.54) is 17.4 Å². The lowest BCUT2D eigenvalue weighted by Gasteiger charge is -2.12. The Morgan fingerprint density at radius 1 is 1.40 bits per heavy atom. The van der Waals surface area contributed by atoms with Crippen molar-refractivity contribution in [1.29, 1.82) is 0 Å². The number of alkyl halides is 3. The van der Waals surface area contributed by atoms with Gasteiger partial charge in [0.15, 0.2) is 0 Å². The van der Waals surface area contributed by atoms with Crippen molar-refractivity contribution in [3.05, 3.63) is 34.2 Å². The van der Waals surface area contributed by atoms with Crippen molar-refractivity contribution < 1.29 is 23.1 Å². The smallest absolute Gasteiger partial charge is 0.416 e. The van der Waals surface area contributed by atoms with Gasteiger partial charge in [0.05, 0.1) is 22.0 Å². The molecule has 0 saturated heterocycles. The molecule has 2 aromatic rings. The third-order valence-corrected chi connectivity index (χ3v) is 3.26. The highest BCUT2D eigenvalue weighted by molar-refractivity contribution is 7.09. The highest BCUT2D eigenvalue weighted by atomic mass is 32.1. The number of aryl methyl sites for hydroxylation is 1. The van der Waals surface area contributed by atoms with Gasteiger partial charge in [0.25, 0.3) is 0 Å². The number of rotatable bonds is 2. The summed E-state index contributed by atoms with van der Waals surface area (Å²) in [4.78, 5) is 14.9. The zero-order valence-electron chi connectivity index (χ0n) is 10.2. The lowest BCUT2D eigenvalue weighted by atomic mass is 10.1. The number of carboxylic acid groups (broad SMARTS) is 1. The van der Waals surface area contributed by atoms with Crippen LogP contribution in [-0.4, -0.2) is 16.2 Å². The number of hydrogen-bond donors (Lipinski definition) is 2. The summed E-state index contributed by atoms with van der Waals surface area (Å²) in [7, 11) is 0. The molecule has 0 aliphatic rings. The van der Waals surface area contributed by atoms with Gasteiger partial charge >= 0.3 is 12.3 Å². The van der Waals surface area contributed by atoms with E-state index in [0.717, 1.165) is 17.1 Å². The number of aromatic nitrogens is 1. The first kappa shape index (κ1) is 14.3. The van der Waals surface area contributed by atoms with Crippen LogP contribution in [0, 0.1) is 6.92 Å². The zero-order chi connectivity index (χ0) is 14.9. The predicted octanol–water partition coefficient (Wildman–Crippen LogP) is 4.23. The Balaban J connectivity index is 2.53. The molecule has 2 rings (SSSR count). The number of benzene rings is 1. The van der Waals surface area contributed by atoms with Gasteiger partial charge in [0.2, 0.25) is 0 Å². The Morgan fingerprint density at radius 2 is 2.10 bits per heavy atom. The summed E-state index contributed by atoms with van der Waals surface area (Å²) in [5.41, 5.74) is -0.315. The minimum absolute atomic E-state index is 0.141. The molecule has 2 N–H and O–H groups in total. The van der Waals surface area contributed by atoms with Gasteiger partial charge in [-0.05, 0) is 19.1 Å². The normalized spacial score (nSPS) is 11.4. The molecule has 0 spiro atoms. The van der Waals surface area contributed by atoms with Gasteiger partial charge in [0, 0.05) is 10.9 Å². The highest BCUT2D eigenvalue weighted by Crippen LogP contribution is 2.36. The maximum Gasteiger partial charge on any atom is 0.416 e. The predicted molar refractivity (Wildman–Crippen MR) is 68.9 cm³/mol. The molecule has 4 nitrogen and oxygen atoms in total. The first-order valence-electron chi connectivity index (χ1n) is 5.41. The molecule has 0 unspecified atom stereocenters. The molecule has 0 aliphatic heterocycles. The van der Waals surface area contributed by atoms with Gasteiger partial charge in [-0.2, -0.15) is 13.2 Å². The SMILES string of the molecule is Cc1nc(-c2ccc(C(F)(F)F)cc2NC(=O)O)cs1. The molecule has 106 valence electrons. The number of anilines is 1. The van der Waals surface area contributed by atoms with Crippen molar-refractivity contribution in [3.63, 3.8) is 0 Å². The van der Waals surface area contributed by atoms with Crippen LogP contribution in [-0.2, 0) is 6.18 Å². The molecule has 0 radical (unpaired) electrons. The third-order valence-electron chi connectivity index (χ3n) is 2.48. The molecular weight excluding hydrogens is 293 g/mol. The van der Waals surface area contributed by atoms with Crippen LogP contribution in [0.25, 0.3) is 11.3 Å². The first-order valence-corrected chi connectivity index (χ1v) is 6.29. The second-order valence-corrected chi connectivity index (χ2v) is 5.00. The van der Waals surface area contributed by atoms with Crippen LogP contribution in [0.2, 0.25) is 0 Å². The van der Waals surface area contributed by atoms with E-state index in [4.69, 9.17) is 5.11 Å². The van der Waals surface area contributed by atoms with Crippen molar-refractivity contribution in [2.24, 2.45) is 0 Å². The van der Waals surface area contributed by atoms with Crippen LogP contribution < -0.4 is 5.32 Å². The summed E-state index contributed by atoms with van der Waals surface area (Å²) < 4.78 is 38.0. The fraction of sp³-hybridized carbons (Fsp3) is 0.167. The van der Waals surface area contributed by atoms with E-state index in [9.17, 15) is 18.0 Å². The molecule has 1 amide bonds. The van der Waals surface area contributed by atoms with E-state index < -0.39 is 17.8 Å². The summed E-state index contributed by atoms with van der Waals surface area (Å²) >= 11 is 1.33. The van der Waals surface area contributed by atoms with Crippen molar-refractivity contribution in [2.75, 3.05) is 5.32 Å². The molecule has 0 fully saturated rings. The monoisotopic (exact) mass is 302 g/mol. The maximum atomic E-state index is 12.7. The van der Waals surface area contributed by atoms with Crippen LogP contribution in [0.4, 0.5) is 23.7 Å². The number of thiazole rings is 1. The summed E-state index contributed by atoms with van der Waals surface area (Å²) in [6.45, 7) is 1.75. The largest absolute Gasteiger partial charge is 0.465 e. The highest BCUT2D eigenvalue weighted by Gasteiger charge is 2.31. The van der Waals surface area contributed by atoms with E-state index in [0.29, 0.717) is 11.3 Å². The number of nitrogens with one attached hydrogen (secondary N) is 1. The summed E-state index contributed by atoms with van der Waals surface area (Å²) in [5.74, 6) is 0. The van der Waals surface area contributed by atoms with Crippen LogP contribution >= 0.6 is 11.3 Å². The first-order chi connectivity index (χ1) is 9.27. The number of hydrogen-bond acceptors (Lipinski definition) is 3. The van der Waals surface area contributed by atoms with Gasteiger partial charge < -0.3 is 5.11 Å². The van der Waals surface area contributed by atoms with Crippen LogP contribution in [0.3, 0.4) is 0 Å². The molecule has 0 saturated carbocycles. The Labute approximate surface area is 115 Å². The standard InChI is InChI=1S/C12H9F3N2O2S/c1-6-16-10(5-20-6)8-3-2-7(12(13,14)15)4-9(8)17-11(18)19/h2-5,17H,1H3,(H,18,19). The van der Waals surface area contributed by atoms with Crippen molar-refractivity contribution in [3.8, 4) is 11.3 Å². The van der Waals surface area contributed by atoms with Crippen molar-refractivity contribution in [2.45, 2.75) is 13.1 Å². The fourth-order valence-corrected chi connectivity index (χ4v) is 2.26. The zero-order valence-corrected chi connectivity index (χ0v) is 11.0. The van der Waals surface area contributed by atoms with E-state index in [2.05, 4.69) is 4.98 Å². The van der Waals surface area contributed by atoms with Gasteiger partial charge in [-0.15, -0.1) is 11.3 Å². The van der Waals surface area contributed by atoms with Crippen LogP contribution in [0.15, 0.2) is 23.6 Å². The average molecular weight is 302 g/mol. The molecule has 1 aromatic heterocycles. The van der Waals surface area contributed by atoms with E-state index in [1.807, 2.05) is 5.32 Å². The quantitative estimate of drug-likeness (QED) is 0.872. The number of halogens is 3. The van der Waals surface area contributed by atoms with E-state index in [-0.39, 0.29) is 5.69 Å². The fourth-order valence-electron chi connectivity index (χ4n) is 1.65. The van der Waals surface area contributed by atoms with Gasteiger partial charge in [-0.1, -0.05) is 6.07 Å². The Morgan fingerprint density at radius 3 is 2.60 bits per heavy atom. The lowest BCUT2D eigenvalue weighted by molar-refractivity contribution is -0.137. The molecule has 8 heteroatoms. The van der Waals surface area contributed by atoms with E-state index >= 15 is 0 Å². The Kier molecular flexibility index (Phi) is 3.67. The van der Waals surface area contributed by atoms with Crippen LogP contribution in [0.5, 0.6) is 0 Å².